The maximum atomic E-state index is 11.9. The maximum Gasteiger partial charge on any atom is 0.297 e. The van der Waals surface area contributed by atoms with Crippen LogP contribution < -0.4 is 0 Å². The predicted molar refractivity (Wildman–Crippen MR) is 109 cm³/mol. The Kier molecular flexibility index (Phi) is 6.25. The Morgan fingerprint density at radius 2 is 1.18 bits per heavy atom. The van der Waals surface area contributed by atoms with Gasteiger partial charge in [-0.3, -0.25) is 4.55 Å². The van der Waals surface area contributed by atoms with Crippen LogP contribution in [-0.4, -0.2) is 67.0 Å². The number of hydrogen-bond donors (Lipinski definition) is 2. The van der Waals surface area contributed by atoms with Gasteiger partial charge in [0.1, 0.15) is 16.3 Å². The number of phenols is 1. The van der Waals surface area contributed by atoms with Gasteiger partial charge in [-0.2, -0.15) is 8.42 Å². The fraction of sp³-hybridized carbons (Fsp3) is 0. The Labute approximate surface area is 201 Å². The zero-order valence-corrected chi connectivity index (χ0v) is 19.9. The minimum Gasteiger partial charge on any atom is -0.505 e. The molecule has 136 valence electrons. The molecule has 0 amide bonds. The van der Waals surface area contributed by atoms with Crippen LogP contribution in [0.25, 0.3) is 21.5 Å². The second-order valence-corrected chi connectivity index (χ2v) is 7.32. The summed E-state index contributed by atoms with van der Waals surface area (Å²) in [6.45, 7) is 0. The predicted octanol–water partition coefficient (Wildman–Crippen LogP) is 4.98. The number of benzene rings is 4. The zero-order chi connectivity index (χ0) is 19.0. The molecule has 0 aliphatic heterocycles. The molecule has 0 aromatic heterocycles. The van der Waals surface area contributed by atoms with E-state index in [9.17, 15) is 18.1 Å². The molecule has 4 rings (SSSR count). The summed E-state index contributed by atoms with van der Waals surface area (Å²) >= 11 is 0. The van der Waals surface area contributed by atoms with Gasteiger partial charge in [0.25, 0.3) is 10.1 Å². The summed E-state index contributed by atoms with van der Waals surface area (Å²) in [7, 11) is -4.53. The summed E-state index contributed by atoms with van der Waals surface area (Å²) in [6.07, 6.45) is 0. The van der Waals surface area contributed by atoms with Crippen LogP contribution in [0.4, 0.5) is 11.4 Å². The van der Waals surface area contributed by atoms with Crippen molar-refractivity contribution in [3.05, 3.63) is 72.8 Å². The van der Waals surface area contributed by atoms with Crippen molar-refractivity contribution in [3.8, 4) is 5.75 Å². The van der Waals surface area contributed by atoms with Crippen LogP contribution >= 0.6 is 0 Å². The van der Waals surface area contributed by atoms with Gasteiger partial charge in [0, 0.05) is 59.7 Å². The van der Waals surface area contributed by atoms with E-state index in [4.69, 9.17) is 0 Å². The molecule has 0 atom stereocenters. The molecule has 0 spiro atoms. The van der Waals surface area contributed by atoms with Crippen molar-refractivity contribution in [3.63, 3.8) is 0 Å². The second-order valence-electron chi connectivity index (χ2n) is 5.96. The first-order valence-corrected chi connectivity index (χ1v) is 9.51. The van der Waals surface area contributed by atoms with E-state index in [1.165, 1.54) is 6.07 Å². The van der Waals surface area contributed by atoms with Crippen LogP contribution in [0, 0.1) is 0 Å². The van der Waals surface area contributed by atoms with E-state index in [0.717, 1.165) is 5.39 Å². The first-order chi connectivity index (χ1) is 12.9. The Morgan fingerprint density at radius 1 is 0.679 bits per heavy atom. The van der Waals surface area contributed by atoms with Crippen LogP contribution in [-0.2, 0) is 10.1 Å². The smallest absolute Gasteiger partial charge is 0.297 e. The molecule has 0 saturated heterocycles. The molecular formula is C20H14BaN2O4S. The molecule has 0 heterocycles. The summed E-state index contributed by atoms with van der Waals surface area (Å²) in [6, 6.07) is 20.6. The van der Waals surface area contributed by atoms with Crippen molar-refractivity contribution in [1.29, 1.82) is 0 Å². The third-order valence-electron chi connectivity index (χ3n) is 4.26. The molecule has 2 N–H and O–H groups in total. The van der Waals surface area contributed by atoms with E-state index in [1.807, 2.05) is 12.1 Å². The van der Waals surface area contributed by atoms with Crippen LogP contribution in [0.3, 0.4) is 0 Å². The minimum atomic E-state index is -4.53. The van der Waals surface area contributed by atoms with Gasteiger partial charge in [-0.25, -0.2) is 0 Å². The Bertz CT molecular complexity index is 1320. The first-order valence-electron chi connectivity index (χ1n) is 8.07. The van der Waals surface area contributed by atoms with Crippen molar-refractivity contribution in [2.24, 2.45) is 10.2 Å². The van der Waals surface area contributed by atoms with Crippen molar-refractivity contribution < 1.29 is 18.1 Å². The van der Waals surface area contributed by atoms with Gasteiger partial charge in [0.15, 0.2) is 5.75 Å². The van der Waals surface area contributed by atoms with Crippen LogP contribution in [0.1, 0.15) is 0 Å². The number of hydrogen-bond acceptors (Lipinski definition) is 5. The normalized spacial score (nSPS) is 11.8. The molecule has 6 nitrogen and oxygen atoms in total. The average Bonchev–Trinajstić information content (AvgIpc) is 2.66. The third-order valence-corrected chi connectivity index (χ3v) is 5.21. The van der Waals surface area contributed by atoms with Crippen molar-refractivity contribution in [2.75, 3.05) is 0 Å². The van der Waals surface area contributed by atoms with Gasteiger partial charge < -0.3 is 5.11 Å². The van der Waals surface area contributed by atoms with Crippen molar-refractivity contribution in [2.45, 2.75) is 4.90 Å². The summed E-state index contributed by atoms with van der Waals surface area (Å²) in [5, 5.41) is 20.9. The van der Waals surface area contributed by atoms with E-state index < -0.39 is 10.1 Å². The van der Waals surface area contributed by atoms with Gasteiger partial charge in [-0.1, -0.05) is 60.7 Å². The maximum absolute atomic E-state index is 11.9. The Hall–Kier alpha value is -1.72. The number of nitrogens with zero attached hydrogens (tertiary/aromatic N) is 2. The molecular weight excluding hydrogens is 502 g/mol. The molecule has 4 aromatic carbocycles. The molecule has 0 bridgehead atoms. The number of aromatic hydroxyl groups is 1. The van der Waals surface area contributed by atoms with E-state index in [-0.39, 0.29) is 70.9 Å². The van der Waals surface area contributed by atoms with E-state index >= 15 is 0 Å². The third kappa shape index (κ3) is 4.01. The topological polar surface area (TPSA) is 99.3 Å². The molecule has 0 unspecified atom stereocenters. The Morgan fingerprint density at radius 3 is 1.82 bits per heavy atom. The molecule has 28 heavy (non-hydrogen) atoms. The van der Waals surface area contributed by atoms with E-state index in [1.54, 1.807) is 54.6 Å². The summed E-state index contributed by atoms with van der Waals surface area (Å²) in [5.41, 5.74) is 0.187. The van der Waals surface area contributed by atoms with E-state index in [2.05, 4.69) is 10.2 Å². The second kappa shape index (κ2) is 8.34. The summed E-state index contributed by atoms with van der Waals surface area (Å²) < 4.78 is 33.5. The van der Waals surface area contributed by atoms with Gasteiger partial charge in [-0.05, 0) is 22.9 Å². The van der Waals surface area contributed by atoms with Gasteiger partial charge >= 0.3 is 0 Å². The number of azo groups is 1. The first kappa shape index (κ1) is 21.0. The summed E-state index contributed by atoms with van der Waals surface area (Å²) in [4.78, 5) is -0.315. The minimum absolute atomic E-state index is 0. The molecule has 2 radical (unpaired) electrons. The average molecular weight is 516 g/mol. The fourth-order valence-corrected chi connectivity index (χ4v) is 3.85. The van der Waals surface area contributed by atoms with E-state index in [0.29, 0.717) is 16.2 Å². The molecule has 0 aliphatic rings. The molecule has 0 saturated carbocycles. The SMILES string of the molecule is O=S(=O)(O)c1c(N=Nc2ccc3ccccc3c2O)ccc2ccccc12.[Ba]. The summed E-state index contributed by atoms with van der Waals surface area (Å²) in [5.74, 6) is -0.0500. The Balaban J connectivity index is 0.00000225. The number of rotatable bonds is 3. The standard InChI is InChI=1S/C20H14N2O4S.Ba/c23-19-15-7-3-1-5-13(15)9-11-17(19)21-22-18-12-10-14-6-2-4-8-16(14)20(18)27(24,25)26;/h1-12,23H,(H,24,25,26);. The van der Waals surface area contributed by atoms with Gasteiger partial charge in [0.05, 0.1) is 0 Å². The van der Waals surface area contributed by atoms with Crippen molar-refractivity contribution >= 4 is 91.9 Å². The quantitative estimate of drug-likeness (QED) is 0.228. The fourth-order valence-electron chi connectivity index (χ4n) is 3.01. The van der Waals surface area contributed by atoms with Gasteiger partial charge in [0.2, 0.25) is 0 Å². The number of phenolic OH excluding ortho intramolecular Hbond substituents is 1. The molecule has 0 aliphatic carbocycles. The number of fused-ring (bicyclic) bond motifs is 2. The molecule has 8 heteroatoms. The van der Waals surface area contributed by atoms with Crippen LogP contribution in [0.15, 0.2) is 87.9 Å². The van der Waals surface area contributed by atoms with Gasteiger partial charge in [-0.15, -0.1) is 10.2 Å². The van der Waals surface area contributed by atoms with Crippen LogP contribution in [0.5, 0.6) is 5.75 Å². The molecule has 0 fully saturated rings. The van der Waals surface area contributed by atoms with Crippen molar-refractivity contribution in [1.82, 2.24) is 0 Å². The monoisotopic (exact) mass is 516 g/mol. The molecule has 4 aromatic rings. The zero-order valence-electron chi connectivity index (χ0n) is 14.6. The largest absolute Gasteiger partial charge is 0.505 e. The van der Waals surface area contributed by atoms with Crippen LogP contribution in [0.2, 0.25) is 0 Å².